The Balaban J connectivity index is 2.45. The maximum Gasteiger partial charge on any atom is 0.132 e. The highest BCUT2D eigenvalue weighted by atomic mass is 15.2. The van der Waals surface area contributed by atoms with Gasteiger partial charge < -0.3 is 4.90 Å². The zero-order valence-electron chi connectivity index (χ0n) is 11.7. The molecular formula is C15H24N2. The Kier molecular flexibility index (Phi) is 3.15. The van der Waals surface area contributed by atoms with Crippen LogP contribution in [0.15, 0.2) is 12.1 Å². The quantitative estimate of drug-likeness (QED) is 0.733. The second kappa shape index (κ2) is 4.32. The number of aryl methyl sites for hydroxylation is 1. The van der Waals surface area contributed by atoms with Gasteiger partial charge in [-0.05, 0) is 51.2 Å². The van der Waals surface area contributed by atoms with Crippen LogP contribution in [0.1, 0.15) is 58.2 Å². The fourth-order valence-corrected chi connectivity index (χ4v) is 2.43. The molecule has 0 atom stereocenters. The molecule has 0 aliphatic carbocycles. The zero-order valence-corrected chi connectivity index (χ0v) is 11.7. The molecule has 0 amide bonds. The third kappa shape index (κ3) is 2.46. The molecule has 1 aromatic rings. The smallest absolute Gasteiger partial charge is 0.132 e. The van der Waals surface area contributed by atoms with Gasteiger partial charge in [0.1, 0.15) is 5.82 Å². The van der Waals surface area contributed by atoms with E-state index in [4.69, 9.17) is 4.98 Å². The molecule has 0 spiro atoms. The molecule has 94 valence electrons. The molecule has 0 radical (unpaired) electrons. The Morgan fingerprint density at radius 3 is 2.53 bits per heavy atom. The highest BCUT2D eigenvalue weighted by Gasteiger charge is 2.27. The molecular weight excluding hydrogens is 208 g/mol. The Hall–Kier alpha value is -1.05. The van der Waals surface area contributed by atoms with Crippen LogP contribution in [0, 0.1) is 0 Å². The maximum atomic E-state index is 4.89. The average molecular weight is 232 g/mol. The van der Waals surface area contributed by atoms with E-state index in [0.29, 0.717) is 5.92 Å². The molecule has 1 aliphatic heterocycles. The summed E-state index contributed by atoms with van der Waals surface area (Å²) in [5.41, 5.74) is 2.79. The molecule has 2 nitrogen and oxygen atoms in total. The van der Waals surface area contributed by atoms with Crippen LogP contribution in [0.5, 0.6) is 0 Å². The van der Waals surface area contributed by atoms with E-state index in [-0.39, 0.29) is 5.54 Å². The van der Waals surface area contributed by atoms with E-state index in [0.717, 1.165) is 6.54 Å². The van der Waals surface area contributed by atoms with Gasteiger partial charge in [0.05, 0.1) is 0 Å². The summed E-state index contributed by atoms with van der Waals surface area (Å²) >= 11 is 0. The molecule has 0 bridgehead atoms. The summed E-state index contributed by atoms with van der Waals surface area (Å²) < 4.78 is 0. The second-order valence-corrected chi connectivity index (χ2v) is 6.30. The van der Waals surface area contributed by atoms with E-state index in [1.165, 1.54) is 29.9 Å². The number of anilines is 1. The predicted octanol–water partition coefficient (Wildman–Crippen LogP) is 3.76. The third-order valence-electron chi connectivity index (χ3n) is 3.46. The van der Waals surface area contributed by atoms with Gasteiger partial charge in [0, 0.05) is 17.8 Å². The fraction of sp³-hybridized carbons (Fsp3) is 0.667. The summed E-state index contributed by atoms with van der Waals surface area (Å²) in [5, 5.41) is 0. The van der Waals surface area contributed by atoms with Crippen molar-refractivity contribution in [3.8, 4) is 0 Å². The Labute approximate surface area is 105 Å². The summed E-state index contributed by atoms with van der Waals surface area (Å²) in [4.78, 5) is 7.34. The Morgan fingerprint density at radius 1 is 1.24 bits per heavy atom. The van der Waals surface area contributed by atoms with Gasteiger partial charge >= 0.3 is 0 Å². The lowest BCUT2D eigenvalue weighted by Gasteiger charge is -2.40. The second-order valence-electron chi connectivity index (χ2n) is 6.30. The van der Waals surface area contributed by atoms with Crippen LogP contribution in [0.2, 0.25) is 0 Å². The monoisotopic (exact) mass is 232 g/mol. The standard InChI is InChI=1S/C15H24N2/c1-11(2)13-9-8-12-7-6-10-17(14(12)16-13)15(3,4)5/h8-9,11H,6-7,10H2,1-5H3. The highest BCUT2D eigenvalue weighted by molar-refractivity contribution is 5.52. The molecule has 0 aromatic carbocycles. The number of pyridine rings is 1. The van der Waals surface area contributed by atoms with Gasteiger partial charge in [0.2, 0.25) is 0 Å². The van der Waals surface area contributed by atoms with E-state index in [1.54, 1.807) is 0 Å². The van der Waals surface area contributed by atoms with Crippen LogP contribution in [0.3, 0.4) is 0 Å². The molecule has 0 N–H and O–H groups in total. The minimum absolute atomic E-state index is 0.164. The van der Waals surface area contributed by atoms with E-state index in [2.05, 4.69) is 51.7 Å². The Morgan fingerprint density at radius 2 is 1.94 bits per heavy atom. The van der Waals surface area contributed by atoms with Crippen molar-refractivity contribution in [3.05, 3.63) is 23.4 Å². The number of hydrogen-bond donors (Lipinski definition) is 0. The first-order valence-electron chi connectivity index (χ1n) is 6.67. The lowest BCUT2D eigenvalue weighted by atomic mass is 9.97. The topological polar surface area (TPSA) is 16.1 Å². The lowest BCUT2D eigenvalue weighted by Crippen LogP contribution is -2.45. The van der Waals surface area contributed by atoms with Crippen LogP contribution in [-0.4, -0.2) is 17.1 Å². The average Bonchev–Trinajstić information content (AvgIpc) is 2.26. The van der Waals surface area contributed by atoms with Crippen molar-refractivity contribution in [2.45, 2.75) is 58.9 Å². The van der Waals surface area contributed by atoms with Crippen molar-refractivity contribution in [2.75, 3.05) is 11.4 Å². The van der Waals surface area contributed by atoms with Gasteiger partial charge in [0.25, 0.3) is 0 Å². The Bertz CT molecular complexity index is 402. The fourth-order valence-electron chi connectivity index (χ4n) is 2.43. The summed E-state index contributed by atoms with van der Waals surface area (Å²) in [7, 11) is 0. The minimum atomic E-state index is 0.164. The summed E-state index contributed by atoms with van der Waals surface area (Å²) in [6.45, 7) is 12.4. The molecule has 0 saturated heterocycles. The SMILES string of the molecule is CC(C)c1ccc2c(n1)N(C(C)(C)C)CCC2. The number of aromatic nitrogens is 1. The van der Waals surface area contributed by atoms with Crippen molar-refractivity contribution >= 4 is 5.82 Å². The maximum absolute atomic E-state index is 4.89. The molecule has 2 heteroatoms. The molecule has 1 aromatic heterocycles. The van der Waals surface area contributed by atoms with E-state index in [1.807, 2.05) is 0 Å². The molecule has 2 heterocycles. The van der Waals surface area contributed by atoms with Crippen molar-refractivity contribution in [1.29, 1.82) is 0 Å². The highest BCUT2D eigenvalue weighted by Crippen LogP contribution is 2.32. The summed E-state index contributed by atoms with van der Waals surface area (Å²) in [6.07, 6.45) is 2.42. The van der Waals surface area contributed by atoms with Crippen LogP contribution in [0.4, 0.5) is 5.82 Å². The van der Waals surface area contributed by atoms with E-state index in [9.17, 15) is 0 Å². The van der Waals surface area contributed by atoms with Crippen LogP contribution >= 0.6 is 0 Å². The van der Waals surface area contributed by atoms with Gasteiger partial charge in [-0.2, -0.15) is 0 Å². The van der Waals surface area contributed by atoms with Crippen LogP contribution in [-0.2, 0) is 6.42 Å². The minimum Gasteiger partial charge on any atom is -0.352 e. The van der Waals surface area contributed by atoms with Crippen molar-refractivity contribution < 1.29 is 0 Å². The third-order valence-corrected chi connectivity index (χ3v) is 3.46. The largest absolute Gasteiger partial charge is 0.352 e. The van der Waals surface area contributed by atoms with E-state index < -0.39 is 0 Å². The van der Waals surface area contributed by atoms with Gasteiger partial charge in [0.15, 0.2) is 0 Å². The number of hydrogen-bond acceptors (Lipinski definition) is 2. The van der Waals surface area contributed by atoms with Gasteiger partial charge in [-0.1, -0.05) is 19.9 Å². The lowest BCUT2D eigenvalue weighted by molar-refractivity contribution is 0.476. The van der Waals surface area contributed by atoms with Gasteiger partial charge in [-0.3, -0.25) is 0 Å². The first kappa shape index (κ1) is 12.4. The molecule has 17 heavy (non-hydrogen) atoms. The number of fused-ring (bicyclic) bond motifs is 1. The molecule has 0 fully saturated rings. The van der Waals surface area contributed by atoms with Crippen LogP contribution in [0.25, 0.3) is 0 Å². The number of nitrogens with zero attached hydrogens (tertiary/aromatic N) is 2. The first-order chi connectivity index (χ1) is 7.89. The zero-order chi connectivity index (χ0) is 12.6. The molecule has 1 aliphatic rings. The van der Waals surface area contributed by atoms with Gasteiger partial charge in [-0.15, -0.1) is 0 Å². The van der Waals surface area contributed by atoms with Crippen molar-refractivity contribution in [2.24, 2.45) is 0 Å². The van der Waals surface area contributed by atoms with Crippen LogP contribution < -0.4 is 4.90 Å². The normalized spacial score (nSPS) is 16.2. The molecule has 2 rings (SSSR count). The van der Waals surface area contributed by atoms with E-state index >= 15 is 0 Å². The first-order valence-corrected chi connectivity index (χ1v) is 6.67. The molecule has 0 saturated carbocycles. The number of rotatable bonds is 1. The van der Waals surface area contributed by atoms with Gasteiger partial charge in [-0.25, -0.2) is 4.98 Å². The summed E-state index contributed by atoms with van der Waals surface area (Å²) in [5.74, 6) is 1.72. The molecule has 0 unspecified atom stereocenters. The van der Waals surface area contributed by atoms with Crippen molar-refractivity contribution in [3.63, 3.8) is 0 Å². The predicted molar refractivity (Wildman–Crippen MR) is 73.7 cm³/mol. The van der Waals surface area contributed by atoms with Crippen molar-refractivity contribution in [1.82, 2.24) is 4.98 Å². The summed E-state index contributed by atoms with van der Waals surface area (Å²) in [6, 6.07) is 4.46.